The summed E-state index contributed by atoms with van der Waals surface area (Å²) in [4.78, 5) is 39.8. The summed E-state index contributed by atoms with van der Waals surface area (Å²) in [6.07, 6.45) is 5.83. The van der Waals surface area contributed by atoms with E-state index >= 15 is 0 Å². The monoisotopic (exact) mass is 499 g/mol. The molecule has 0 unspecified atom stereocenters. The molecule has 2 aromatic rings. The minimum Gasteiger partial charge on any atom is -0.468 e. The molecule has 0 saturated carbocycles. The molecule has 1 aromatic carbocycles. The zero-order valence-corrected chi connectivity index (χ0v) is 21.5. The molecule has 4 aliphatic heterocycles. The quantitative estimate of drug-likeness (QED) is 0.697. The lowest BCUT2D eigenvalue weighted by Crippen LogP contribution is -2.49. The van der Waals surface area contributed by atoms with Crippen molar-refractivity contribution in [3.8, 4) is 0 Å². The lowest BCUT2D eigenvalue weighted by Gasteiger charge is -2.45. The van der Waals surface area contributed by atoms with Crippen LogP contribution in [0.15, 0.2) is 41.9 Å². The molecule has 192 valence electrons. The second-order valence-corrected chi connectivity index (χ2v) is 10.6. The number of aliphatic imine (C=N–C) groups is 1. The number of benzene rings is 1. The number of amides is 2. The number of likely N-dealkylation sites (tertiary alicyclic amines) is 1. The molecule has 0 radical (unpaired) electrons. The van der Waals surface area contributed by atoms with Crippen LogP contribution in [0.25, 0.3) is 0 Å². The number of rotatable bonds is 3. The van der Waals surface area contributed by atoms with Crippen LogP contribution in [0, 0.1) is 12.8 Å². The van der Waals surface area contributed by atoms with Crippen molar-refractivity contribution < 1.29 is 14.3 Å². The SMILES string of the molecule is C=C1Nc2ncccc2C2(CCN(C(=O)C[C@H]3Cc4cc(C)c5c(c4CN(CC)C3=O)C=NC5)CC2)O1. The van der Waals surface area contributed by atoms with Gasteiger partial charge in [0.1, 0.15) is 11.4 Å². The highest BCUT2D eigenvalue weighted by Gasteiger charge is 2.44. The Kier molecular flexibility index (Phi) is 5.77. The normalized spacial score (nSPS) is 21.6. The van der Waals surface area contributed by atoms with Crippen molar-refractivity contribution in [3.05, 3.63) is 70.2 Å². The number of aromatic nitrogens is 1. The molecule has 5 heterocycles. The van der Waals surface area contributed by atoms with Crippen LogP contribution >= 0.6 is 0 Å². The maximum atomic E-state index is 13.5. The van der Waals surface area contributed by atoms with Gasteiger partial charge in [-0.3, -0.25) is 14.6 Å². The third-order valence-corrected chi connectivity index (χ3v) is 8.45. The van der Waals surface area contributed by atoms with E-state index in [1.54, 1.807) is 6.20 Å². The molecule has 1 fully saturated rings. The van der Waals surface area contributed by atoms with Gasteiger partial charge in [-0.05, 0) is 61.2 Å². The summed E-state index contributed by atoms with van der Waals surface area (Å²) in [6.45, 7) is 11.1. The van der Waals surface area contributed by atoms with Crippen molar-refractivity contribution in [1.82, 2.24) is 14.8 Å². The van der Waals surface area contributed by atoms with E-state index in [1.807, 2.05) is 35.1 Å². The zero-order valence-electron chi connectivity index (χ0n) is 21.5. The van der Waals surface area contributed by atoms with Crippen molar-refractivity contribution in [3.63, 3.8) is 0 Å². The summed E-state index contributed by atoms with van der Waals surface area (Å²) in [6, 6.07) is 6.16. The number of carbonyl (C=O) groups excluding carboxylic acids is 2. The maximum Gasteiger partial charge on any atom is 0.226 e. The van der Waals surface area contributed by atoms with Crippen LogP contribution in [0.3, 0.4) is 0 Å². The topological polar surface area (TPSA) is 87.1 Å². The van der Waals surface area contributed by atoms with Gasteiger partial charge < -0.3 is 19.9 Å². The van der Waals surface area contributed by atoms with E-state index < -0.39 is 5.60 Å². The molecule has 0 aliphatic carbocycles. The molecule has 0 bridgehead atoms. The van der Waals surface area contributed by atoms with Gasteiger partial charge in [0.05, 0.1) is 12.5 Å². The standard InChI is InChI=1S/C29H33N5O3/c1-4-33-17-24-20(12-18(2)22-15-30-16-23(22)24)13-21(28(33)36)14-26(35)34-10-7-29(8-11-34)25-6-5-9-31-27(25)32-19(3)37-29/h5-6,9,12,16,21H,3-4,7-8,10-11,13-15,17H2,1-2H3,(H,31,32)/t21-/m1/s1. The molecule has 37 heavy (non-hydrogen) atoms. The fraction of sp³-hybridized carbons (Fsp3) is 0.448. The van der Waals surface area contributed by atoms with Crippen molar-refractivity contribution >= 4 is 23.8 Å². The highest BCUT2D eigenvalue weighted by atomic mass is 16.5. The number of ether oxygens (including phenoxy) is 1. The molecule has 1 atom stereocenters. The van der Waals surface area contributed by atoms with Crippen molar-refractivity contribution in [2.45, 2.75) is 58.2 Å². The highest BCUT2D eigenvalue weighted by molar-refractivity contribution is 5.90. The van der Waals surface area contributed by atoms with Gasteiger partial charge in [0, 0.05) is 69.0 Å². The molecule has 6 rings (SSSR count). The Labute approximate surface area is 217 Å². The van der Waals surface area contributed by atoms with E-state index in [2.05, 4.69) is 34.9 Å². The van der Waals surface area contributed by atoms with Crippen LogP contribution in [0.4, 0.5) is 5.82 Å². The minimum atomic E-state index is -0.530. The lowest BCUT2D eigenvalue weighted by atomic mass is 9.83. The molecular weight excluding hydrogens is 466 g/mol. The second-order valence-electron chi connectivity index (χ2n) is 10.6. The number of aryl methyl sites for hydroxylation is 1. The average molecular weight is 500 g/mol. The summed E-state index contributed by atoms with van der Waals surface area (Å²) < 4.78 is 6.21. The van der Waals surface area contributed by atoms with E-state index in [9.17, 15) is 9.59 Å². The average Bonchev–Trinajstić information content (AvgIpc) is 3.34. The molecular formula is C29H33N5O3. The van der Waals surface area contributed by atoms with E-state index in [4.69, 9.17) is 4.74 Å². The van der Waals surface area contributed by atoms with Crippen molar-refractivity contribution in [2.75, 3.05) is 25.0 Å². The number of nitrogens with zero attached hydrogens (tertiary/aromatic N) is 4. The minimum absolute atomic E-state index is 0.0336. The predicted molar refractivity (Wildman–Crippen MR) is 141 cm³/mol. The molecule has 1 spiro atoms. The first-order valence-electron chi connectivity index (χ1n) is 13.2. The Bertz CT molecular complexity index is 1330. The van der Waals surface area contributed by atoms with Crippen molar-refractivity contribution in [2.24, 2.45) is 10.9 Å². The van der Waals surface area contributed by atoms with Gasteiger partial charge >= 0.3 is 0 Å². The largest absolute Gasteiger partial charge is 0.468 e. The van der Waals surface area contributed by atoms with Crippen molar-refractivity contribution in [1.29, 1.82) is 0 Å². The fourth-order valence-corrected chi connectivity index (χ4v) is 6.42. The number of piperidine rings is 1. The lowest BCUT2D eigenvalue weighted by molar-refractivity contribution is -0.144. The first-order chi connectivity index (χ1) is 17.9. The van der Waals surface area contributed by atoms with E-state index in [0.717, 1.165) is 11.4 Å². The van der Waals surface area contributed by atoms with E-state index in [1.165, 1.54) is 27.8 Å². The number of hydrogen-bond acceptors (Lipinski definition) is 6. The number of anilines is 1. The third kappa shape index (κ3) is 3.99. The van der Waals surface area contributed by atoms with Crippen LogP contribution < -0.4 is 5.32 Å². The number of carbonyl (C=O) groups is 2. The second kappa shape index (κ2) is 9.01. The molecule has 1 aromatic heterocycles. The predicted octanol–water partition coefficient (Wildman–Crippen LogP) is 3.66. The first-order valence-corrected chi connectivity index (χ1v) is 13.2. The van der Waals surface area contributed by atoms with Crippen LogP contribution in [0.5, 0.6) is 0 Å². The Hall–Kier alpha value is -3.68. The van der Waals surface area contributed by atoms with Gasteiger partial charge in [-0.1, -0.05) is 6.07 Å². The Balaban J connectivity index is 1.20. The van der Waals surface area contributed by atoms with Gasteiger partial charge in [0.2, 0.25) is 11.8 Å². The summed E-state index contributed by atoms with van der Waals surface area (Å²) in [5.74, 6) is 0.999. The smallest absolute Gasteiger partial charge is 0.226 e. The Morgan fingerprint density at radius 2 is 2.11 bits per heavy atom. The van der Waals surface area contributed by atoms with Crippen LogP contribution in [-0.2, 0) is 39.4 Å². The number of fused-ring (bicyclic) bond motifs is 5. The van der Waals surface area contributed by atoms with Crippen LogP contribution in [-0.4, -0.2) is 52.4 Å². The highest BCUT2D eigenvalue weighted by Crippen LogP contribution is 2.44. The molecule has 8 nitrogen and oxygen atoms in total. The summed E-state index contributed by atoms with van der Waals surface area (Å²) >= 11 is 0. The van der Waals surface area contributed by atoms with Gasteiger partial charge in [-0.15, -0.1) is 0 Å². The van der Waals surface area contributed by atoms with Crippen LogP contribution in [0.1, 0.15) is 59.6 Å². The summed E-state index contributed by atoms with van der Waals surface area (Å²) in [7, 11) is 0. The van der Waals surface area contributed by atoms with E-state index in [0.29, 0.717) is 57.9 Å². The van der Waals surface area contributed by atoms with Gasteiger partial charge in [0.25, 0.3) is 0 Å². The Morgan fingerprint density at radius 3 is 2.89 bits per heavy atom. The zero-order chi connectivity index (χ0) is 25.7. The van der Waals surface area contributed by atoms with Gasteiger partial charge in [0.15, 0.2) is 5.88 Å². The fourth-order valence-electron chi connectivity index (χ4n) is 6.42. The Morgan fingerprint density at radius 1 is 1.30 bits per heavy atom. The molecule has 1 saturated heterocycles. The molecule has 2 amide bonds. The molecule has 1 N–H and O–H groups in total. The third-order valence-electron chi connectivity index (χ3n) is 8.45. The number of nitrogens with one attached hydrogen (secondary N) is 1. The maximum absolute atomic E-state index is 13.5. The molecule has 8 heteroatoms. The van der Waals surface area contributed by atoms with Crippen LogP contribution in [0.2, 0.25) is 0 Å². The van der Waals surface area contributed by atoms with Gasteiger partial charge in [-0.2, -0.15) is 0 Å². The summed E-state index contributed by atoms with van der Waals surface area (Å²) in [5, 5.41) is 3.11. The number of pyridine rings is 1. The van der Waals surface area contributed by atoms with Gasteiger partial charge in [-0.25, -0.2) is 4.98 Å². The summed E-state index contributed by atoms with van der Waals surface area (Å²) in [5.41, 5.74) is 6.51. The number of hydrogen-bond donors (Lipinski definition) is 1. The molecule has 4 aliphatic rings. The van der Waals surface area contributed by atoms with E-state index in [-0.39, 0.29) is 24.2 Å². The first kappa shape index (κ1) is 23.7.